The van der Waals surface area contributed by atoms with Crippen LogP contribution >= 0.6 is 0 Å². The third-order valence-corrected chi connectivity index (χ3v) is 1.25. The van der Waals surface area contributed by atoms with Crippen molar-refractivity contribution >= 4 is 0 Å². The van der Waals surface area contributed by atoms with Crippen LogP contribution in [-0.2, 0) is 0 Å². The van der Waals surface area contributed by atoms with E-state index in [-0.39, 0.29) is 0 Å². The van der Waals surface area contributed by atoms with Crippen molar-refractivity contribution in [3.63, 3.8) is 0 Å². The largest absolute Gasteiger partial charge is 0.0875 e. The maximum absolute atomic E-state index is 2.39. The average Bonchev–Trinajstić information content (AvgIpc) is 1.81. The fraction of sp³-hybridized carbons (Fsp3) is 0.875. The van der Waals surface area contributed by atoms with Crippen LogP contribution < -0.4 is 0 Å². The molecular weight excluding hydrogens is 96.1 g/mol. The lowest BCUT2D eigenvalue weighted by molar-refractivity contribution is 0.737. The Hall–Kier alpha value is -0.130. The first kappa shape index (κ1) is 7.87. The van der Waals surface area contributed by atoms with Crippen molar-refractivity contribution in [2.45, 2.75) is 46.0 Å². The molecule has 0 unspecified atom stereocenters. The van der Waals surface area contributed by atoms with E-state index in [9.17, 15) is 0 Å². The molecule has 0 aliphatic heterocycles. The third-order valence-electron chi connectivity index (χ3n) is 1.25. The first-order valence-corrected chi connectivity index (χ1v) is 3.73. The Morgan fingerprint density at radius 1 is 1.00 bits per heavy atom. The standard InChI is InChI=1S/C8H17/c1-3-5-7-8-6-4-2/h7H,3-6,8H2,1-2H3/q+1. The fourth-order valence-electron chi connectivity index (χ4n) is 0.697. The van der Waals surface area contributed by atoms with Gasteiger partial charge in [-0.15, -0.1) is 0 Å². The molecule has 0 aromatic rings. The first-order valence-electron chi connectivity index (χ1n) is 3.73. The van der Waals surface area contributed by atoms with Crippen molar-refractivity contribution in [2.75, 3.05) is 0 Å². The maximum Gasteiger partial charge on any atom is 0.0875 e. The van der Waals surface area contributed by atoms with E-state index in [0.29, 0.717) is 0 Å². The smallest absolute Gasteiger partial charge is 0.0652 e. The van der Waals surface area contributed by atoms with Crippen LogP contribution in [0.1, 0.15) is 46.0 Å². The molecule has 0 radical (unpaired) electrons. The lowest BCUT2D eigenvalue weighted by Gasteiger charge is -1.84. The molecule has 48 valence electrons. The van der Waals surface area contributed by atoms with Crippen LogP contribution in [0.15, 0.2) is 0 Å². The second kappa shape index (κ2) is 6.87. The Kier molecular flexibility index (Phi) is 6.76. The van der Waals surface area contributed by atoms with Gasteiger partial charge in [-0.25, -0.2) is 0 Å². The topological polar surface area (TPSA) is 0 Å². The second-order valence-corrected chi connectivity index (χ2v) is 2.22. The lowest BCUT2D eigenvalue weighted by Crippen LogP contribution is -1.75. The first-order chi connectivity index (χ1) is 3.91. The summed E-state index contributed by atoms with van der Waals surface area (Å²) in [5.74, 6) is 0. The van der Waals surface area contributed by atoms with Gasteiger partial charge in [0, 0.05) is 0 Å². The molecular formula is C8H17+. The quantitative estimate of drug-likeness (QED) is 0.379. The van der Waals surface area contributed by atoms with Crippen molar-refractivity contribution < 1.29 is 0 Å². The van der Waals surface area contributed by atoms with Crippen molar-refractivity contribution in [1.29, 1.82) is 0 Å². The Bertz CT molecular complexity index is 25.0. The average molecular weight is 113 g/mol. The van der Waals surface area contributed by atoms with Crippen LogP contribution in [0.2, 0.25) is 0 Å². The highest BCUT2D eigenvalue weighted by atomic mass is 13.9. The summed E-state index contributed by atoms with van der Waals surface area (Å²) in [5, 5.41) is 0. The molecule has 0 saturated heterocycles. The Morgan fingerprint density at radius 2 is 1.75 bits per heavy atom. The zero-order valence-electron chi connectivity index (χ0n) is 6.11. The van der Waals surface area contributed by atoms with E-state index in [4.69, 9.17) is 0 Å². The van der Waals surface area contributed by atoms with E-state index in [2.05, 4.69) is 20.3 Å². The molecule has 0 fully saturated rings. The molecule has 0 saturated carbocycles. The SMILES string of the molecule is CCC[CH+]CCCC. The van der Waals surface area contributed by atoms with Crippen LogP contribution in [0.5, 0.6) is 0 Å². The normalized spacial score (nSPS) is 9.25. The summed E-state index contributed by atoms with van der Waals surface area (Å²) >= 11 is 0. The summed E-state index contributed by atoms with van der Waals surface area (Å²) in [4.78, 5) is 0. The molecule has 0 aliphatic carbocycles. The predicted molar refractivity (Wildman–Crippen MR) is 38.7 cm³/mol. The highest BCUT2D eigenvalue weighted by Gasteiger charge is 1.93. The molecule has 0 nitrogen and oxygen atoms in total. The monoisotopic (exact) mass is 113 g/mol. The number of unbranched alkanes of at least 4 members (excludes halogenated alkanes) is 5. The maximum atomic E-state index is 2.39. The van der Waals surface area contributed by atoms with Gasteiger partial charge in [-0.05, 0) is 12.8 Å². The van der Waals surface area contributed by atoms with E-state index in [1.54, 1.807) is 0 Å². The molecule has 0 aliphatic rings. The van der Waals surface area contributed by atoms with Gasteiger partial charge in [-0.1, -0.05) is 20.3 Å². The van der Waals surface area contributed by atoms with Gasteiger partial charge in [0.2, 0.25) is 0 Å². The van der Waals surface area contributed by atoms with Crippen molar-refractivity contribution in [3.8, 4) is 0 Å². The summed E-state index contributed by atoms with van der Waals surface area (Å²) in [7, 11) is 0. The Morgan fingerprint density at radius 3 is 2.25 bits per heavy atom. The summed E-state index contributed by atoms with van der Waals surface area (Å²) in [5.41, 5.74) is 0. The molecule has 0 aromatic heterocycles. The number of hydrogen-bond donors (Lipinski definition) is 0. The molecule has 0 N–H and O–H groups in total. The van der Waals surface area contributed by atoms with Crippen LogP contribution in [0.3, 0.4) is 0 Å². The molecule has 0 heteroatoms. The van der Waals surface area contributed by atoms with Crippen LogP contribution in [-0.4, -0.2) is 0 Å². The zero-order valence-corrected chi connectivity index (χ0v) is 6.11. The summed E-state index contributed by atoms with van der Waals surface area (Å²) in [6, 6.07) is 0. The number of rotatable bonds is 5. The summed E-state index contributed by atoms with van der Waals surface area (Å²) in [6.07, 6.45) is 9.04. The van der Waals surface area contributed by atoms with Gasteiger partial charge in [0.1, 0.15) is 0 Å². The molecule has 0 bridgehead atoms. The van der Waals surface area contributed by atoms with Gasteiger partial charge < -0.3 is 0 Å². The molecule has 0 spiro atoms. The van der Waals surface area contributed by atoms with Crippen molar-refractivity contribution in [3.05, 3.63) is 6.42 Å². The molecule has 0 amide bonds. The van der Waals surface area contributed by atoms with Gasteiger partial charge in [-0.2, -0.15) is 0 Å². The van der Waals surface area contributed by atoms with E-state index in [1.807, 2.05) is 0 Å². The van der Waals surface area contributed by atoms with E-state index >= 15 is 0 Å². The van der Waals surface area contributed by atoms with Gasteiger partial charge in [0.15, 0.2) is 0 Å². The molecule has 0 atom stereocenters. The van der Waals surface area contributed by atoms with Crippen molar-refractivity contribution in [1.82, 2.24) is 0 Å². The third kappa shape index (κ3) is 5.87. The minimum absolute atomic E-state index is 1.31. The lowest BCUT2D eigenvalue weighted by atomic mass is 10.1. The molecule has 0 heterocycles. The van der Waals surface area contributed by atoms with Gasteiger partial charge in [0.25, 0.3) is 0 Å². The minimum Gasteiger partial charge on any atom is -0.0652 e. The highest BCUT2D eigenvalue weighted by molar-refractivity contribution is 4.61. The van der Waals surface area contributed by atoms with Gasteiger partial charge in [-0.3, -0.25) is 0 Å². The van der Waals surface area contributed by atoms with Crippen LogP contribution in [0.4, 0.5) is 0 Å². The molecule has 0 aromatic carbocycles. The zero-order chi connectivity index (χ0) is 6.24. The fourth-order valence-corrected chi connectivity index (χ4v) is 0.697. The summed E-state index contributed by atoms with van der Waals surface area (Å²) < 4.78 is 0. The van der Waals surface area contributed by atoms with E-state index in [1.165, 1.54) is 32.1 Å². The van der Waals surface area contributed by atoms with Crippen molar-refractivity contribution in [2.24, 2.45) is 0 Å². The minimum atomic E-state index is 1.31. The Balaban J connectivity index is 2.53. The molecule has 0 rings (SSSR count). The van der Waals surface area contributed by atoms with E-state index in [0.717, 1.165) is 0 Å². The van der Waals surface area contributed by atoms with Gasteiger partial charge >= 0.3 is 0 Å². The Labute approximate surface area is 53.3 Å². The van der Waals surface area contributed by atoms with Crippen LogP contribution in [0, 0.1) is 6.42 Å². The van der Waals surface area contributed by atoms with Gasteiger partial charge in [0.05, 0.1) is 19.3 Å². The van der Waals surface area contributed by atoms with E-state index < -0.39 is 0 Å². The predicted octanol–water partition coefficient (Wildman–Crippen LogP) is 3.18. The van der Waals surface area contributed by atoms with Crippen LogP contribution in [0.25, 0.3) is 0 Å². The summed E-state index contributed by atoms with van der Waals surface area (Å²) in [6.45, 7) is 4.46. The molecule has 8 heavy (non-hydrogen) atoms. The second-order valence-electron chi connectivity index (χ2n) is 2.22. The highest BCUT2D eigenvalue weighted by Crippen LogP contribution is 2.01. The number of hydrogen-bond acceptors (Lipinski definition) is 0.